The molecule has 0 fully saturated rings. The predicted molar refractivity (Wildman–Crippen MR) is 81.9 cm³/mol. The molecule has 3 rings (SSSR count). The molecule has 1 N–H and O–H groups in total. The molecule has 0 aromatic heterocycles. The standard InChI is InChI=1S/C17H18O3S/c1-2-13-6-5-7-14(12-13)17(18)10-11-21(19,20)16-9-4-3-8-15(16)17/h3-9,12,18H,2,10-11H2,1H3. The van der Waals surface area contributed by atoms with Crippen LogP contribution in [0, 0.1) is 0 Å². The van der Waals surface area contributed by atoms with E-state index in [2.05, 4.69) is 6.92 Å². The van der Waals surface area contributed by atoms with Gasteiger partial charge in [0.1, 0.15) is 5.60 Å². The molecule has 4 heteroatoms. The quantitative estimate of drug-likeness (QED) is 0.928. The summed E-state index contributed by atoms with van der Waals surface area (Å²) in [6, 6.07) is 14.5. The summed E-state index contributed by atoms with van der Waals surface area (Å²) in [5, 5.41) is 11.2. The first-order valence-corrected chi connectivity index (χ1v) is 8.76. The average molecular weight is 302 g/mol. The third-order valence-corrected chi connectivity index (χ3v) is 5.98. The van der Waals surface area contributed by atoms with Crippen molar-refractivity contribution in [1.29, 1.82) is 0 Å². The van der Waals surface area contributed by atoms with Crippen LogP contribution in [0.25, 0.3) is 0 Å². The van der Waals surface area contributed by atoms with E-state index in [1.165, 1.54) is 0 Å². The van der Waals surface area contributed by atoms with Crippen LogP contribution in [-0.2, 0) is 21.9 Å². The summed E-state index contributed by atoms with van der Waals surface area (Å²) in [5.74, 6) is -0.0309. The number of fused-ring (bicyclic) bond motifs is 1. The van der Waals surface area contributed by atoms with Gasteiger partial charge >= 0.3 is 0 Å². The van der Waals surface area contributed by atoms with Gasteiger partial charge < -0.3 is 5.11 Å². The van der Waals surface area contributed by atoms with Gasteiger partial charge in [0.15, 0.2) is 9.84 Å². The molecule has 0 amide bonds. The van der Waals surface area contributed by atoms with Crippen molar-refractivity contribution in [1.82, 2.24) is 0 Å². The molecule has 1 unspecified atom stereocenters. The van der Waals surface area contributed by atoms with Crippen LogP contribution < -0.4 is 0 Å². The zero-order chi connectivity index (χ0) is 15.1. The van der Waals surface area contributed by atoms with Crippen LogP contribution in [0.1, 0.15) is 30.0 Å². The van der Waals surface area contributed by atoms with E-state index in [1.807, 2.05) is 24.3 Å². The zero-order valence-corrected chi connectivity index (χ0v) is 12.7. The molecule has 1 aliphatic heterocycles. The van der Waals surface area contributed by atoms with Gasteiger partial charge in [-0.25, -0.2) is 8.42 Å². The molecule has 1 aliphatic rings. The molecule has 0 saturated carbocycles. The van der Waals surface area contributed by atoms with E-state index in [-0.39, 0.29) is 17.1 Å². The molecule has 1 atom stereocenters. The lowest BCUT2D eigenvalue weighted by Crippen LogP contribution is -2.36. The minimum absolute atomic E-state index is 0.0309. The molecule has 2 aromatic carbocycles. The molecule has 2 aromatic rings. The lowest BCUT2D eigenvalue weighted by Gasteiger charge is -2.34. The van der Waals surface area contributed by atoms with Gasteiger partial charge in [-0.15, -0.1) is 0 Å². The largest absolute Gasteiger partial charge is 0.380 e. The number of hydrogen-bond donors (Lipinski definition) is 1. The van der Waals surface area contributed by atoms with E-state index in [9.17, 15) is 13.5 Å². The first-order valence-electron chi connectivity index (χ1n) is 7.11. The van der Waals surface area contributed by atoms with E-state index in [0.29, 0.717) is 5.56 Å². The zero-order valence-electron chi connectivity index (χ0n) is 11.9. The Morgan fingerprint density at radius 1 is 1.14 bits per heavy atom. The van der Waals surface area contributed by atoms with E-state index < -0.39 is 15.4 Å². The number of aliphatic hydroxyl groups is 1. The highest BCUT2D eigenvalue weighted by molar-refractivity contribution is 7.91. The van der Waals surface area contributed by atoms with Gasteiger partial charge in [0.05, 0.1) is 10.6 Å². The smallest absolute Gasteiger partial charge is 0.178 e. The number of rotatable bonds is 2. The second-order valence-corrected chi connectivity index (χ2v) is 7.56. The number of benzene rings is 2. The van der Waals surface area contributed by atoms with Crippen molar-refractivity contribution in [3.05, 3.63) is 65.2 Å². The fourth-order valence-corrected chi connectivity index (χ4v) is 4.60. The second-order valence-electron chi connectivity index (χ2n) is 5.48. The summed E-state index contributed by atoms with van der Waals surface area (Å²) < 4.78 is 24.4. The highest BCUT2D eigenvalue weighted by Crippen LogP contribution is 2.41. The van der Waals surface area contributed by atoms with Crippen molar-refractivity contribution in [3.63, 3.8) is 0 Å². The van der Waals surface area contributed by atoms with E-state index in [1.54, 1.807) is 24.3 Å². The van der Waals surface area contributed by atoms with Gasteiger partial charge in [0.25, 0.3) is 0 Å². The summed E-state index contributed by atoms with van der Waals surface area (Å²) in [6.07, 6.45) is 1.07. The summed E-state index contributed by atoms with van der Waals surface area (Å²) in [4.78, 5) is 0.251. The molecule has 110 valence electrons. The average Bonchev–Trinajstić information content (AvgIpc) is 2.52. The third-order valence-electron chi connectivity index (χ3n) is 4.21. The van der Waals surface area contributed by atoms with E-state index >= 15 is 0 Å². The Bertz CT molecular complexity index is 780. The van der Waals surface area contributed by atoms with Crippen molar-refractivity contribution in [2.24, 2.45) is 0 Å². The molecular weight excluding hydrogens is 284 g/mol. The highest BCUT2D eigenvalue weighted by Gasteiger charge is 2.41. The topological polar surface area (TPSA) is 54.4 Å². The fourth-order valence-electron chi connectivity index (χ4n) is 2.95. The Hall–Kier alpha value is -1.65. The lowest BCUT2D eigenvalue weighted by molar-refractivity contribution is 0.0717. The number of sulfone groups is 1. The van der Waals surface area contributed by atoms with Crippen LogP contribution in [0.5, 0.6) is 0 Å². The summed E-state index contributed by atoms with van der Waals surface area (Å²) in [6.45, 7) is 2.06. The van der Waals surface area contributed by atoms with Crippen molar-refractivity contribution >= 4 is 9.84 Å². The Balaban J connectivity index is 2.22. The Morgan fingerprint density at radius 3 is 2.67 bits per heavy atom. The van der Waals surface area contributed by atoms with Crippen molar-refractivity contribution in [2.75, 3.05) is 5.75 Å². The fraction of sp³-hybridized carbons (Fsp3) is 0.294. The van der Waals surface area contributed by atoms with Gasteiger partial charge in [0, 0.05) is 5.56 Å². The molecule has 0 spiro atoms. The van der Waals surface area contributed by atoms with Crippen LogP contribution in [0.4, 0.5) is 0 Å². The second kappa shape index (κ2) is 4.97. The normalized spacial score (nSPS) is 23.5. The minimum atomic E-state index is -3.30. The predicted octanol–water partition coefficient (Wildman–Crippen LogP) is 2.66. The van der Waals surface area contributed by atoms with Gasteiger partial charge in [-0.3, -0.25) is 0 Å². The molecule has 0 radical (unpaired) electrons. The minimum Gasteiger partial charge on any atom is -0.380 e. The first-order chi connectivity index (χ1) is 9.97. The number of aryl methyl sites for hydroxylation is 1. The monoisotopic (exact) mass is 302 g/mol. The van der Waals surface area contributed by atoms with Crippen LogP contribution in [-0.4, -0.2) is 19.3 Å². The Labute approximate surface area is 125 Å². The molecule has 0 saturated heterocycles. The van der Waals surface area contributed by atoms with Crippen LogP contribution in [0.15, 0.2) is 53.4 Å². The third kappa shape index (κ3) is 2.28. The summed E-state index contributed by atoms with van der Waals surface area (Å²) in [7, 11) is -3.30. The lowest BCUT2D eigenvalue weighted by atomic mass is 9.83. The maximum Gasteiger partial charge on any atom is 0.178 e. The van der Waals surface area contributed by atoms with E-state index in [4.69, 9.17) is 0 Å². The number of hydrogen-bond acceptors (Lipinski definition) is 3. The summed E-state index contributed by atoms with van der Waals surface area (Å²) in [5.41, 5.74) is 1.16. The molecule has 1 heterocycles. The molecule has 21 heavy (non-hydrogen) atoms. The van der Waals surface area contributed by atoms with Crippen LogP contribution >= 0.6 is 0 Å². The SMILES string of the molecule is CCc1cccc(C2(O)CCS(=O)(=O)c3ccccc32)c1. The molecule has 0 aliphatic carbocycles. The Morgan fingerprint density at radius 2 is 1.90 bits per heavy atom. The van der Waals surface area contributed by atoms with Crippen molar-refractivity contribution in [2.45, 2.75) is 30.3 Å². The summed E-state index contributed by atoms with van der Waals surface area (Å²) >= 11 is 0. The molecular formula is C17H18O3S. The first kappa shape index (κ1) is 14.3. The maximum absolute atomic E-state index is 12.2. The van der Waals surface area contributed by atoms with Crippen LogP contribution in [0.3, 0.4) is 0 Å². The van der Waals surface area contributed by atoms with Gasteiger partial charge in [-0.2, -0.15) is 0 Å². The van der Waals surface area contributed by atoms with Gasteiger partial charge in [-0.05, 0) is 30.0 Å². The molecule has 0 bridgehead atoms. The molecule has 3 nitrogen and oxygen atoms in total. The van der Waals surface area contributed by atoms with Gasteiger partial charge in [0.2, 0.25) is 0 Å². The van der Waals surface area contributed by atoms with Crippen LogP contribution in [0.2, 0.25) is 0 Å². The van der Waals surface area contributed by atoms with Crippen molar-refractivity contribution in [3.8, 4) is 0 Å². The maximum atomic E-state index is 12.2. The van der Waals surface area contributed by atoms with E-state index in [0.717, 1.165) is 17.5 Å². The Kier molecular flexibility index (Phi) is 3.38. The van der Waals surface area contributed by atoms with Gasteiger partial charge in [-0.1, -0.05) is 49.4 Å². The van der Waals surface area contributed by atoms with Crippen molar-refractivity contribution < 1.29 is 13.5 Å². The highest BCUT2D eigenvalue weighted by atomic mass is 32.2.